The van der Waals surface area contributed by atoms with Crippen LogP contribution >= 0.6 is 0 Å². The van der Waals surface area contributed by atoms with Gasteiger partial charge in [0, 0.05) is 31.2 Å². The van der Waals surface area contributed by atoms with Gasteiger partial charge in [0.15, 0.2) is 0 Å². The third-order valence-electron chi connectivity index (χ3n) is 5.12. The van der Waals surface area contributed by atoms with Crippen molar-refractivity contribution < 1.29 is 22.3 Å². The van der Waals surface area contributed by atoms with Crippen molar-refractivity contribution in [3.05, 3.63) is 23.8 Å². The summed E-state index contributed by atoms with van der Waals surface area (Å²) in [7, 11) is -3.43. The SMILES string of the molecule is CC(C)(C)OC(=O)N1CCN(S(=O)(=O)C2CC2)[C@@H](CCc2c(N)cncc2F)C1. The Morgan fingerprint density at radius 1 is 1.31 bits per heavy atom. The first-order chi connectivity index (χ1) is 13.5. The molecule has 1 saturated heterocycles. The van der Waals surface area contributed by atoms with Crippen molar-refractivity contribution in [1.82, 2.24) is 14.2 Å². The van der Waals surface area contributed by atoms with Crippen LogP contribution in [0.5, 0.6) is 0 Å². The molecule has 0 aromatic carbocycles. The number of pyridine rings is 1. The van der Waals surface area contributed by atoms with Crippen LogP contribution in [-0.2, 0) is 21.2 Å². The summed E-state index contributed by atoms with van der Waals surface area (Å²) in [6.45, 7) is 6.02. The number of hydrogen-bond acceptors (Lipinski definition) is 6. The van der Waals surface area contributed by atoms with Crippen molar-refractivity contribution in [3.63, 3.8) is 0 Å². The van der Waals surface area contributed by atoms with Gasteiger partial charge in [-0.15, -0.1) is 0 Å². The Labute approximate surface area is 171 Å². The molecule has 0 radical (unpaired) electrons. The Balaban J connectivity index is 1.77. The van der Waals surface area contributed by atoms with Gasteiger partial charge >= 0.3 is 6.09 Å². The van der Waals surface area contributed by atoms with Crippen molar-refractivity contribution in [2.24, 2.45) is 0 Å². The molecular weight excluding hydrogens is 399 g/mol. The van der Waals surface area contributed by atoms with Crippen LogP contribution in [0.15, 0.2) is 12.4 Å². The van der Waals surface area contributed by atoms with E-state index in [-0.39, 0.29) is 37.0 Å². The number of ether oxygens (including phenoxy) is 1. The number of nitrogens with two attached hydrogens (primary N) is 1. The lowest BCUT2D eigenvalue weighted by Gasteiger charge is -2.41. The number of halogens is 1. The summed E-state index contributed by atoms with van der Waals surface area (Å²) in [6.07, 6.45) is 3.92. The van der Waals surface area contributed by atoms with E-state index in [4.69, 9.17) is 10.5 Å². The van der Waals surface area contributed by atoms with E-state index in [0.29, 0.717) is 24.8 Å². The number of carbonyl (C=O) groups is 1. The molecule has 2 aliphatic rings. The zero-order valence-corrected chi connectivity index (χ0v) is 17.9. The molecule has 10 heteroatoms. The van der Waals surface area contributed by atoms with Crippen LogP contribution in [0.1, 0.15) is 45.6 Å². The molecule has 0 unspecified atom stereocenters. The van der Waals surface area contributed by atoms with E-state index in [2.05, 4.69) is 4.98 Å². The Morgan fingerprint density at radius 2 is 2.00 bits per heavy atom. The van der Waals surface area contributed by atoms with Gasteiger partial charge in [-0.05, 0) is 46.5 Å². The fourth-order valence-electron chi connectivity index (χ4n) is 3.51. The van der Waals surface area contributed by atoms with E-state index in [1.54, 1.807) is 20.8 Å². The summed E-state index contributed by atoms with van der Waals surface area (Å²) in [5.74, 6) is -0.513. The zero-order valence-electron chi connectivity index (χ0n) is 17.1. The number of piperazine rings is 1. The van der Waals surface area contributed by atoms with Crippen LogP contribution in [0, 0.1) is 5.82 Å². The minimum absolute atomic E-state index is 0.202. The van der Waals surface area contributed by atoms with Crippen molar-refractivity contribution >= 4 is 21.8 Å². The third kappa shape index (κ3) is 5.16. The van der Waals surface area contributed by atoms with Gasteiger partial charge in [-0.1, -0.05) is 0 Å². The normalized spacial score (nSPS) is 21.2. The average molecular weight is 429 g/mol. The molecule has 2 fully saturated rings. The van der Waals surface area contributed by atoms with E-state index in [1.165, 1.54) is 15.4 Å². The predicted octanol–water partition coefficient (Wildman–Crippen LogP) is 2.15. The van der Waals surface area contributed by atoms with E-state index < -0.39 is 33.6 Å². The number of aromatic nitrogens is 1. The second-order valence-electron chi connectivity index (χ2n) is 8.66. The first kappa shape index (κ1) is 21.8. The highest BCUT2D eigenvalue weighted by molar-refractivity contribution is 7.90. The molecule has 162 valence electrons. The van der Waals surface area contributed by atoms with Crippen molar-refractivity contribution in [1.29, 1.82) is 0 Å². The van der Waals surface area contributed by atoms with Crippen molar-refractivity contribution in [2.75, 3.05) is 25.4 Å². The molecule has 1 saturated carbocycles. The van der Waals surface area contributed by atoms with Gasteiger partial charge in [0.1, 0.15) is 11.4 Å². The molecule has 1 atom stereocenters. The maximum absolute atomic E-state index is 14.1. The second-order valence-corrected chi connectivity index (χ2v) is 10.8. The lowest BCUT2D eigenvalue weighted by Crippen LogP contribution is -2.57. The number of hydrogen-bond donors (Lipinski definition) is 1. The van der Waals surface area contributed by atoms with Crippen LogP contribution in [0.4, 0.5) is 14.9 Å². The molecule has 2 N–H and O–H groups in total. The molecule has 0 bridgehead atoms. The Kier molecular flexibility index (Phi) is 6.05. The van der Waals surface area contributed by atoms with Gasteiger partial charge in [0.2, 0.25) is 10.0 Å². The molecule has 8 nitrogen and oxygen atoms in total. The van der Waals surface area contributed by atoms with Gasteiger partial charge in [0.25, 0.3) is 0 Å². The number of amides is 1. The molecule has 29 heavy (non-hydrogen) atoms. The van der Waals surface area contributed by atoms with Crippen LogP contribution in [-0.4, -0.2) is 65.2 Å². The number of nitrogens with zero attached hydrogens (tertiary/aromatic N) is 3. The summed E-state index contributed by atoms with van der Waals surface area (Å²) >= 11 is 0. The molecule has 2 heterocycles. The predicted molar refractivity (Wildman–Crippen MR) is 107 cm³/mol. The van der Waals surface area contributed by atoms with E-state index in [9.17, 15) is 17.6 Å². The van der Waals surface area contributed by atoms with Gasteiger partial charge in [0.05, 0.1) is 23.3 Å². The second kappa shape index (κ2) is 8.06. The largest absolute Gasteiger partial charge is 0.444 e. The van der Waals surface area contributed by atoms with Gasteiger partial charge in [-0.25, -0.2) is 17.6 Å². The van der Waals surface area contributed by atoms with E-state index >= 15 is 0 Å². The molecular formula is C19H29FN4O4S. The molecule has 3 rings (SSSR count). The summed E-state index contributed by atoms with van der Waals surface area (Å²) in [6, 6.07) is -0.464. The minimum atomic E-state index is -3.43. The van der Waals surface area contributed by atoms with E-state index in [0.717, 1.165) is 6.20 Å². The number of rotatable bonds is 5. The average Bonchev–Trinajstić information content (AvgIpc) is 3.45. The van der Waals surface area contributed by atoms with Crippen LogP contribution in [0.2, 0.25) is 0 Å². The summed E-state index contributed by atoms with van der Waals surface area (Å²) in [5.41, 5.74) is 5.76. The monoisotopic (exact) mass is 428 g/mol. The molecule has 1 aromatic rings. The molecule has 1 amide bonds. The Morgan fingerprint density at radius 3 is 2.59 bits per heavy atom. The fraction of sp³-hybridized carbons (Fsp3) is 0.684. The Bertz CT molecular complexity index is 847. The summed E-state index contributed by atoms with van der Waals surface area (Å²) in [4.78, 5) is 17.7. The first-order valence-electron chi connectivity index (χ1n) is 9.85. The van der Waals surface area contributed by atoms with Crippen LogP contribution in [0.3, 0.4) is 0 Å². The van der Waals surface area contributed by atoms with Crippen molar-refractivity contribution in [3.8, 4) is 0 Å². The van der Waals surface area contributed by atoms with Crippen LogP contribution < -0.4 is 5.73 Å². The summed E-state index contributed by atoms with van der Waals surface area (Å²) < 4.78 is 46.8. The third-order valence-corrected chi connectivity index (χ3v) is 7.57. The standard InChI is InChI=1S/C19H29FN4O4S/c1-19(2,3)28-18(25)23-8-9-24(29(26,27)14-5-6-14)13(12-23)4-7-15-16(20)10-22-11-17(15)21/h10-11,13-14H,4-9,12,21H2,1-3H3/t13-/m0/s1. The summed E-state index contributed by atoms with van der Waals surface area (Å²) in [5, 5.41) is -0.346. The van der Waals surface area contributed by atoms with E-state index in [1.807, 2.05) is 0 Å². The highest BCUT2D eigenvalue weighted by Crippen LogP contribution is 2.34. The minimum Gasteiger partial charge on any atom is -0.444 e. The lowest BCUT2D eigenvalue weighted by atomic mass is 10.0. The molecule has 1 aliphatic heterocycles. The van der Waals surface area contributed by atoms with Gasteiger partial charge in [-0.2, -0.15) is 4.31 Å². The maximum Gasteiger partial charge on any atom is 0.410 e. The highest BCUT2D eigenvalue weighted by atomic mass is 32.2. The fourth-order valence-corrected chi connectivity index (χ4v) is 5.55. The number of sulfonamides is 1. The molecule has 1 aromatic heterocycles. The smallest absolute Gasteiger partial charge is 0.410 e. The quantitative estimate of drug-likeness (QED) is 0.770. The number of carbonyl (C=O) groups excluding carboxylic acids is 1. The van der Waals surface area contributed by atoms with Crippen LogP contribution in [0.25, 0.3) is 0 Å². The maximum atomic E-state index is 14.1. The highest BCUT2D eigenvalue weighted by Gasteiger charge is 2.45. The molecule has 1 aliphatic carbocycles. The van der Waals surface area contributed by atoms with Gasteiger partial charge < -0.3 is 15.4 Å². The Hall–Kier alpha value is -1.94. The molecule has 0 spiro atoms. The number of nitrogen functional groups attached to an aromatic ring is 1. The van der Waals surface area contributed by atoms with Crippen molar-refractivity contribution in [2.45, 2.75) is 63.3 Å². The zero-order chi connectivity index (χ0) is 21.4. The lowest BCUT2D eigenvalue weighted by molar-refractivity contribution is 0.0126. The number of anilines is 1. The first-order valence-corrected chi connectivity index (χ1v) is 11.4. The topological polar surface area (TPSA) is 106 Å². The van der Waals surface area contributed by atoms with Gasteiger partial charge in [-0.3, -0.25) is 4.98 Å².